The summed E-state index contributed by atoms with van der Waals surface area (Å²) in [6, 6.07) is 9.04. The van der Waals surface area contributed by atoms with Crippen molar-refractivity contribution >= 4 is 21.8 Å². The van der Waals surface area contributed by atoms with E-state index in [4.69, 9.17) is 4.99 Å². The molecule has 1 saturated carbocycles. The number of benzene rings is 1. The van der Waals surface area contributed by atoms with Gasteiger partial charge in [0, 0.05) is 10.9 Å². The second-order valence-corrected chi connectivity index (χ2v) is 6.08. The van der Waals surface area contributed by atoms with Crippen molar-refractivity contribution in [2.24, 2.45) is 4.99 Å². The number of aliphatic hydroxyl groups excluding tert-OH is 1. The van der Waals surface area contributed by atoms with Crippen LogP contribution < -0.4 is 5.32 Å². The van der Waals surface area contributed by atoms with E-state index in [2.05, 4.69) is 33.4 Å². The third-order valence-electron chi connectivity index (χ3n) is 3.72. The Morgan fingerprint density at radius 1 is 1.39 bits per heavy atom. The minimum absolute atomic E-state index is 0.154. The van der Waals surface area contributed by atoms with Crippen LogP contribution in [0.2, 0.25) is 0 Å². The fraction of sp³-hybridized carbons (Fsp3) is 0.500. The van der Waals surface area contributed by atoms with Crippen molar-refractivity contribution < 1.29 is 5.11 Å². The van der Waals surface area contributed by atoms with E-state index in [1.54, 1.807) is 0 Å². The summed E-state index contributed by atoms with van der Waals surface area (Å²) >= 11 is 3.49. The maximum Gasteiger partial charge on any atom is 0.101 e. The molecule has 3 rings (SSSR count). The van der Waals surface area contributed by atoms with Gasteiger partial charge in [-0.2, -0.15) is 0 Å². The zero-order chi connectivity index (χ0) is 12.5. The van der Waals surface area contributed by atoms with Crippen LogP contribution in [0.25, 0.3) is 0 Å². The highest BCUT2D eigenvalue weighted by atomic mass is 79.9. The number of nitrogens with zero attached hydrogens (tertiary/aromatic N) is 1. The molecule has 1 aliphatic carbocycles. The van der Waals surface area contributed by atoms with Crippen LogP contribution in [-0.4, -0.2) is 29.1 Å². The summed E-state index contributed by atoms with van der Waals surface area (Å²) in [7, 11) is 0. The lowest BCUT2D eigenvalue weighted by atomic mass is 9.90. The number of aliphatic hydroxyl groups is 1. The largest absolute Gasteiger partial charge is 0.393 e. The molecule has 96 valence electrons. The van der Waals surface area contributed by atoms with Gasteiger partial charge in [-0.25, -0.2) is 0 Å². The van der Waals surface area contributed by atoms with E-state index in [9.17, 15) is 5.11 Å². The van der Waals surface area contributed by atoms with Crippen molar-refractivity contribution in [1.29, 1.82) is 0 Å². The Bertz CT molecular complexity index is 475. The number of amidine groups is 1. The Labute approximate surface area is 115 Å². The minimum atomic E-state index is -0.154. The molecule has 0 amide bonds. The Morgan fingerprint density at radius 2 is 2.28 bits per heavy atom. The number of rotatable bonds is 2. The molecular weight excluding hydrogens is 292 g/mol. The topological polar surface area (TPSA) is 44.6 Å². The van der Waals surface area contributed by atoms with Crippen LogP contribution in [0.1, 0.15) is 24.8 Å². The first kappa shape index (κ1) is 12.2. The molecule has 2 aliphatic rings. The first-order valence-electron chi connectivity index (χ1n) is 6.46. The average Bonchev–Trinajstić information content (AvgIpc) is 2.70. The maximum atomic E-state index is 9.67. The maximum absolute atomic E-state index is 9.67. The highest BCUT2D eigenvalue weighted by molar-refractivity contribution is 9.10. The van der Waals surface area contributed by atoms with Crippen LogP contribution >= 0.6 is 15.9 Å². The van der Waals surface area contributed by atoms with Gasteiger partial charge in [-0.05, 0) is 37.0 Å². The Hall–Kier alpha value is -0.870. The summed E-state index contributed by atoms with van der Waals surface area (Å²) in [6.07, 6.45) is 3.41. The number of hydrogen-bond acceptors (Lipinski definition) is 3. The summed E-state index contributed by atoms with van der Waals surface area (Å²) in [5, 5.41) is 13.1. The van der Waals surface area contributed by atoms with Gasteiger partial charge in [0.05, 0.1) is 18.2 Å². The highest BCUT2D eigenvalue weighted by Crippen LogP contribution is 2.26. The molecule has 1 aromatic carbocycles. The molecule has 3 nitrogen and oxygen atoms in total. The first-order valence-corrected chi connectivity index (χ1v) is 7.26. The van der Waals surface area contributed by atoms with Crippen molar-refractivity contribution in [3.8, 4) is 0 Å². The van der Waals surface area contributed by atoms with E-state index in [0.29, 0.717) is 12.1 Å². The zero-order valence-electron chi connectivity index (χ0n) is 10.1. The minimum Gasteiger partial charge on any atom is -0.393 e. The van der Waals surface area contributed by atoms with Crippen LogP contribution in [0, 0.1) is 0 Å². The molecule has 18 heavy (non-hydrogen) atoms. The molecule has 1 aliphatic heterocycles. The lowest BCUT2D eigenvalue weighted by Crippen LogP contribution is -2.41. The standard InChI is InChI=1S/C14H17BrN2O/c15-10-3-1-2-9(6-10)7-14-16-12-5-4-11(18)8-13(12)17-14/h1-3,6,11-13,18H,4-5,7-8H2,(H,16,17). The molecular formula is C14H17BrN2O. The second-order valence-electron chi connectivity index (χ2n) is 5.17. The molecule has 1 aromatic rings. The highest BCUT2D eigenvalue weighted by Gasteiger charge is 2.34. The molecule has 0 spiro atoms. The smallest absolute Gasteiger partial charge is 0.101 e. The van der Waals surface area contributed by atoms with Crippen molar-refractivity contribution in [3.05, 3.63) is 34.3 Å². The monoisotopic (exact) mass is 308 g/mol. The third-order valence-corrected chi connectivity index (χ3v) is 4.21. The van der Waals surface area contributed by atoms with Gasteiger partial charge in [0.15, 0.2) is 0 Å². The van der Waals surface area contributed by atoms with Gasteiger partial charge in [-0.15, -0.1) is 0 Å². The van der Waals surface area contributed by atoms with E-state index in [1.807, 2.05) is 12.1 Å². The summed E-state index contributed by atoms with van der Waals surface area (Å²) in [6.45, 7) is 0. The zero-order valence-corrected chi connectivity index (χ0v) is 11.7. The van der Waals surface area contributed by atoms with Crippen LogP contribution in [-0.2, 0) is 6.42 Å². The van der Waals surface area contributed by atoms with E-state index in [-0.39, 0.29) is 6.10 Å². The Kier molecular flexibility index (Phi) is 3.39. The van der Waals surface area contributed by atoms with Gasteiger partial charge in [-0.1, -0.05) is 28.1 Å². The van der Waals surface area contributed by atoms with Gasteiger partial charge in [0.2, 0.25) is 0 Å². The van der Waals surface area contributed by atoms with Crippen LogP contribution in [0.3, 0.4) is 0 Å². The number of aliphatic imine (C=N–C) groups is 1. The Morgan fingerprint density at radius 3 is 3.11 bits per heavy atom. The number of hydrogen-bond donors (Lipinski definition) is 2. The molecule has 0 saturated heterocycles. The Balaban J connectivity index is 1.68. The van der Waals surface area contributed by atoms with Gasteiger partial charge in [0.25, 0.3) is 0 Å². The van der Waals surface area contributed by atoms with Crippen LogP contribution in [0.4, 0.5) is 0 Å². The normalized spacial score (nSPS) is 30.6. The van der Waals surface area contributed by atoms with E-state index in [1.165, 1.54) is 5.56 Å². The average molecular weight is 309 g/mol. The fourth-order valence-electron chi connectivity index (χ4n) is 2.83. The predicted octanol–water partition coefficient (Wildman–Crippen LogP) is 2.28. The fourth-order valence-corrected chi connectivity index (χ4v) is 3.28. The molecule has 1 fully saturated rings. The predicted molar refractivity (Wildman–Crippen MR) is 75.9 cm³/mol. The van der Waals surface area contributed by atoms with E-state index < -0.39 is 0 Å². The lowest BCUT2D eigenvalue weighted by molar-refractivity contribution is 0.112. The first-order chi connectivity index (χ1) is 8.70. The summed E-state index contributed by atoms with van der Waals surface area (Å²) < 4.78 is 1.10. The number of halogens is 1. The van der Waals surface area contributed by atoms with Crippen molar-refractivity contribution in [2.75, 3.05) is 0 Å². The quantitative estimate of drug-likeness (QED) is 0.880. The van der Waals surface area contributed by atoms with Crippen LogP contribution in [0.5, 0.6) is 0 Å². The van der Waals surface area contributed by atoms with Crippen molar-refractivity contribution in [1.82, 2.24) is 5.32 Å². The molecule has 0 bridgehead atoms. The van der Waals surface area contributed by atoms with E-state index in [0.717, 1.165) is 36.0 Å². The van der Waals surface area contributed by atoms with Crippen LogP contribution in [0.15, 0.2) is 33.7 Å². The van der Waals surface area contributed by atoms with Gasteiger partial charge < -0.3 is 10.4 Å². The number of fused-ring (bicyclic) bond motifs is 1. The SMILES string of the molecule is OC1CCC2N=C(Cc3cccc(Br)c3)NC2C1. The molecule has 3 unspecified atom stereocenters. The van der Waals surface area contributed by atoms with Crippen molar-refractivity contribution in [2.45, 2.75) is 43.9 Å². The molecule has 0 radical (unpaired) electrons. The van der Waals surface area contributed by atoms with Gasteiger partial charge in [-0.3, -0.25) is 4.99 Å². The molecule has 2 N–H and O–H groups in total. The number of nitrogens with one attached hydrogen (secondary N) is 1. The molecule has 1 heterocycles. The van der Waals surface area contributed by atoms with E-state index >= 15 is 0 Å². The third kappa shape index (κ3) is 2.59. The molecule has 0 aromatic heterocycles. The lowest BCUT2D eigenvalue weighted by Gasteiger charge is -2.27. The summed E-state index contributed by atoms with van der Waals surface area (Å²) in [5.74, 6) is 1.07. The van der Waals surface area contributed by atoms with Gasteiger partial charge in [0.1, 0.15) is 5.84 Å². The second kappa shape index (κ2) is 5.02. The van der Waals surface area contributed by atoms with Gasteiger partial charge >= 0.3 is 0 Å². The van der Waals surface area contributed by atoms with Crippen molar-refractivity contribution in [3.63, 3.8) is 0 Å². The molecule has 4 heteroatoms. The molecule has 3 atom stereocenters. The summed E-state index contributed by atoms with van der Waals surface area (Å²) in [5.41, 5.74) is 1.26. The summed E-state index contributed by atoms with van der Waals surface area (Å²) in [4.78, 5) is 4.75.